The van der Waals surface area contributed by atoms with Crippen LogP contribution in [0.25, 0.3) is 4.96 Å². The molecule has 2 aliphatic rings. The quantitative estimate of drug-likeness (QED) is 0.900. The summed E-state index contributed by atoms with van der Waals surface area (Å²) in [4.78, 5) is 0.950. The molecule has 2 aromatic rings. The van der Waals surface area contributed by atoms with Gasteiger partial charge >= 0.3 is 0 Å². The Balaban J connectivity index is 1.68. The van der Waals surface area contributed by atoms with Crippen molar-refractivity contribution >= 4 is 16.3 Å². The normalized spacial score (nSPS) is 28.9. The first-order chi connectivity index (χ1) is 8.81. The molecule has 6 heteroatoms. The van der Waals surface area contributed by atoms with Gasteiger partial charge in [0.25, 0.3) is 0 Å². The van der Waals surface area contributed by atoms with Crippen molar-refractivity contribution < 1.29 is 0 Å². The highest BCUT2D eigenvalue weighted by Gasteiger charge is 2.31. The summed E-state index contributed by atoms with van der Waals surface area (Å²) in [5.41, 5.74) is 6.06. The lowest BCUT2D eigenvalue weighted by molar-refractivity contribution is 0.390. The first kappa shape index (κ1) is 10.9. The highest BCUT2D eigenvalue weighted by atomic mass is 32.1. The fourth-order valence-electron chi connectivity index (χ4n) is 2.86. The number of hydrogen-bond donors (Lipinski definition) is 1. The Morgan fingerprint density at radius 2 is 2.00 bits per heavy atom. The molecule has 0 radical (unpaired) electrons. The van der Waals surface area contributed by atoms with Gasteiger partial charge in [-0.15, -0.1) is 10.2 Å². The summed E-state index contributed by atoms with van der Waals surface area (Å²) >= 11 is 1.69. The van der Waals surface area contributed by atoms with E-state index in [9.17, 15) is 0 Å². The molecular formula is C12H17N5S. The zero-order valence-corrected chi connectivity index (χ0v) is 11.1. The third kappa shape index (κ3) is 1.75. The Morgan fingerprint density at radius 1 is 1.11 bits per heavy atom. The number of nitrogens with two attached hydrogens (primary N) is 1. The molecule has 2 aromatic heterocycles. The molecule has 4 rings (SSSR count). The number of hydrogen-bond acceptors (Lipinski definition) is 5. The summed E-state index contributed by atoms with van der Waals surface area (Å²) in [6.45, 7) is 0. The van der Waals surface area contributed by atoms with E-state index < -0.39 is 0 Å². The standard InChI is InChI=1S/C12H17N5S/c13-9-3-1-2-8(6-9)11-16-17-10(7-4-5-7)14-15-12(17)18-11/h7-9H,1-6,13H2. The van der Waals surface area contributed by atoms with Crippen molar-refractivity contribution in [2.24, 2.45) is 5.73 Å². The average molecular weight is 263 g/mol. The Kier molecular flexibility index (Phi) is 2.41. The Labute approximate surface area is 109 Å². The van der Waals surface area contributed by atoms with Gasteiger partial charge in [0.1, 0.15) is 5.01 Å². The highest BCUT2D eigenvalue weighted by molar-refractivity contribution is 7.16. The van der Waals surface area contributed by atoms with Gasteiger partial charge in [0, 0.05) is 17.9 Å². The van der Waals surface area contributed by atoms with Gasteiger partial charge in [-0.1, -0.05) is 17.8 Å². The van der Waals surface area contributed by atoms with Crippen molar-refractivity contribution in [3.63, 3.8) is 0 Å². The molecule has 96 valence electrons. The van der Waals surface area contributed by atoms with Gasteiger partial charge in [0.2, 0.25) is 4.96 Å². The topological polar surface area (TPSA) is 69.1 Å². The van der Waals surface area contributed by atoms with Crippen LogP contribution in [0.2, 0.25) is 0 Å². The third-order valence-electron chi connectivity index (χ3n) is 4.04. The van der Waals surface area contributed by atoms with Crippen LogP contribution in [0.4, 0.5) is 0 Å². The lowest BCUT2D eigenvalue weighted by Gasteiger charge is -2.24. The molecule has 0 saturated heterocycles. The average Bonchev–Trinajstić information content (AvgIpc) is 2.99. The Hall–Kier alpha value is -1.01. The molecule has 0 aromatic carbocycles. The summed E-state index contributed by atoms with van der Waals surface area (Å²) in [6, 6.07) is 0.348. The molecule has 5 nitrogen and oxygen atoms in total. The van der Waals surface area contributed by atoms with E-state index in [2.05, 4.69) is 10.2 Å². The van der Waals surface area contributed by atoms with Gasteiger partial charge in [-0.3, -0.25) is 0 Å². The molecule has 2 unspecified atom stereocenters. The summed E-state index contributed by atoms with van der Waals surface area (Å²) in [5, 5.41) is 14.5. The van der Waals surface area contributed by atoms with E-state index in [1.165, 1.54) is 30.7 Å². The molecule has 2 atom stereocenters. The van der Waals surface area contributed by atoms with Crippen molar-refractivity contribution in [2.45, 2.75) is 56.4 Å². The minimum Gasteiger partial charge on any atom is -0.328 e. The molecule has 2 N–H and O–H groups in total. The summed E-state index contributed by atoms with van der Waals surface area (Å²) in [6.07, 6.45) is 7.15. The van der Waals surface area contributed by atoms with E-state index in [1.807, 2.05) is 4.52 Å². The summed E-state index contributed by atoms with van der Waals surface area (Å²) < 4.78 is 1.97. The van der Waals surface area contributed by atoms with Crippen LogP contribution >= 0.6 is 11.3 Å². The molecule has 0 bridgehead atoms. The molecule has 2 fully saturated rings. The van der Waals surface area contributed by atoms with Crippen LogP contribution in [0, 0.1) is 0 Å². The fraction of sp³-hybridized carbons (Fsp3) is 0.750. The van der Waals surface area contributed by atoms with Crippen LogP contribution in [0.15, 0.2) is 0 Å². The van der Waals surface area contributed by atoms with Crippen molar-refractivity contribution in [2.75, 3.05) is 0 Å². The first-order valence-electron chi connectivity index (χ1n) is 6.79. The monoisotopic (exact) mass is 263 g/mol. The lowest BCUT2D eigenvalue weighted by Crippen LogP contribution is -2.26. The van der Waals surface area contributed by atoms with E-state index >= 15 is 0 Å². The predicted octanol–water partition coefficient (Wildman–Crippen LogP) is 2.05. The Morgan fingerprint density at radius 3 is 2.78 bits per heavy atom. The molecular weight excluding hydrogens is 246 g/mol. The van der Waals surface area contributed by atoms with E-state index in [-0.39, 0.29) is 0 Å². The summed E-state index contributed by atoms with van der Waals surface area (Å²) in [7, 11) is 0. The zero-order chi connectivity index (χ0) is 12.1. The number of rotatable bonds is 2. The number of aromatic nitrogens is 4. The van der Waals surface area contributed by atoms with Crippen LogP contribution in [-0.4, -0.2) is 25.9 Å². The van der Waals surface area contributed by atoms with Crippen LogP contribution < -0.4 is 5.73 Å². The molecule has 0 spiro atoms. The smallest absolute Gasteiger partial charge is 0.234 e. The highest BCUT2D eigenvalue weighted by Crippen LogP contribution is 2.40. The molecule has 0 aliphatic heterocycles. The number of fused-ring (bicyclic) bond motifs is 1. The second-order valence-corrected chi connectivity index (χ2v) is 6.58. The van der Waals surface area contributed by atoms with Gasteiger partial charge < -0.3 is 5.73 Å². The molecule has 0 amide bonds. The van der Waals surface area contributed by atoms with Crippen molar-refractivity contribution in [1.29, 1.82) is 0 Å². The number of nitrogens with zero attached hydrogens (tertiary/aromatic N) is 4. The lowest BCUT2D eigenvalue weighted by atomic mass is 9.87. The molecule has 2 heterocycles. The van der Waals surface area contributed by atoms with E-state index in [1.54, 1.807) is 11.3 Å². The minimum atomic E-state index is 0.348. The molecule has 2 aliphatic carbocycles. The van der Waals surface area contributed by atoms with Crippen LogP contribution in [0.1, 0.15) is 61.2 Å². The minimum absolute atomic E-state index is 0.348. The predicted molar refractivity (Wildman–Crippen MR) is 69.8 cm³/mol. The maximum Gasteiger partial charge on any atom is 0.234 e. The second-order valence-electron chi connectivity index (χ2n) is 5.59. The third-order valence-corrected chi connectivity index (χ3v) is 5.10. The molecule has 2 saturated carbocycles. The van der Waals surface area contributed by atoms with Crippen molar-refractivity contribution in [1.82, 2.24) is 19.8 Å². The fourth-order valence-corrected chi connectivity index (χ4v) is 3.85. The Bertz CT molecular complexity index is 570. The van der Waals surface area contributed by atoms with Crippen molar-refractivity contribution in [3.8, 4) is 0 Å². The van der Waals surface area contributed by atoms with E-state index in [0.717, 1.165) is 23.6 Å². The summed E-state index contributed by atoms with van der Waals surface area (Å²) in [5.74, 6) is 2.20. The SMILES string of the molecule is NC1CCCC(c2nn3c(C4CC4)nnc3s2)C1. The van der Waals surface area contributed by atoms with Crippen LogP contribution in [0.3, 0.4) is 0 Å². The van der Waals surface area contributed by atoms with Gasteiger partial charge in [-0.2, -0.15) is 9.61 Å². The van der Waals surface area contributed by atoms with Gasteiger partial charge in [0.15, 0.2) is 5.82 Å². The van der Waals surface area contributed by atoms with Gasteiger partial charge in [-0.25, -0.2) is 0 Å². The van der Waals surface area contributed by atoms with Gasteiger partial charge in [-0.05, 0) is 32.1 Å². The van der Waals surface area contributed by atoms with E-state index in [0.29, 0.717) is 17.9 Å². The maximum atomic E-state index is 6.06. The first-order valence-corrected chi connectivity index (χ1v) is 7.60. The van der Waals surface area contributed by atoms with Gasteiger partial charge in [0.05, 0.1) is 0 Å². The van der Waals surface area contributed by atoms with Crippen molar-refractivity contribution in [3.05, 3.63) is 10.8 Å². The largest absolute Gasteiger partial charge is 0.328 e. The maximum absolute atomic E-state index is 6.06. The van der Waals surface area contributed by atoms with Crippen LogP contribution in [0.5, 0.6) is 0 Å². The molecule has 18 heavy (non-hydrogen) atoms. The second kappa shape index (κ2) is 3.99. The van der Waals surface area contributed by atoms with E-state index in [4.69, 9.17) is 10.8 Å². The van der Waals surface area contributed by atoms with Crippen LogP contribution in [-0.2, 0) is 0 Å². The zero-order valence-electron chi connectivity index (χ0n) is 10.2.